The zero-order valence-electron chi connectivity index (χ0n) is 12.4. The number of hydrogen-bond donors (Lipinski definition) is 2. The van der Waals surface area contributed by atoms with E-state index in [0.29, 0.717) is 19.8 Å². The largest absolute Gasteiger partial charge is 0.383 e. The van der Waals surface area contributed by atoms with Gasteiger partial charge in [0.15, 0.2) is 0 Å². The smallest absolute Gasteiger partial charge is 0.234 e. The standard InChI is InChI=1S/C15H24N2O3/c1-12(10-19-2)17-15(18)9-16-8-13-6-4-5-7-14(13)11-20-3/h4-7,12,16H,8-11H2,1-3H3,(H,17,18). The number of hydrogen-bond acceptors (Lipinski definition) is 4. The molecule has 2 N–H and O–H groups in total. The van der Waals surface area contributed by atoms with Crippen LogP contribution in [-0.2, 0) is 27.4 Å². The van der Waals surface area contributed by atoms with E-state index in [1.807, 2.05) is 31.2 Å². The van der Waals surface area contributed by atoms with E-state index >= 15 is 0 Å². The summed E-state index contributed by atoms with van der Waals surface area (Å²) in [5.74, 6) is -0.0289. The van der Waals surface area contributed by atoms with Crippen molar-refractivity contribution < 1.29 is 14.3 Å². The lowest BCUT2D eigenvalue weighted by Gasteiger charge is -2.14. The molecule has 1 aromatic carbocycles. The van der Waals surface area contributed by atoms with Gasteiger partial charge in [-0.3, -0.25) is 4.79 Å². The summed E-state index contributed by atoms with van der Waals surface area (Å²) in [4.78, 5) is 11.7. The molecule has 0 aliphatic rings. The van der Waals surface area contributed by atoms with Crippen molar-refractivity contribution in [2.75, 3.05) is 27.4 Å². The third-order valence-electron chi connectivity index (χ3n) is 2.84. The van der Waals surface area contributed by atoms with Crippen molar-refractivity contribution in [1.82, 2.24) is 10.6 Å². The van der Waals surface area contributed by atoms with Gasteiger partial charge in [-0.05, 0) is 18.1 Å². The summed E-state index contributed by atoms with van der Waals surface area (Å²) in [5.41, 5.74) is 2.28. The van der Waals surface area contributed by atoms with E-state index in [0.717, 1.165) is 11.1 Å². The number of rotatable bonds is 9. The minimum absolute atomic E-state index is 0.0232. The van der Waals surface area contributed by atoms with Gasteiger partial charge in [-0.15, -0.1) is 0 Å². The lowest BCUT2D eigenvalue weighted by Crippen LogP contribution is -2.40. The number of nitrogens with one attached hydrogen (secondary N) is 2. The van der Waals surface area contributed by atoms with Gasteiger partial charge in [-0.1, -0.05) is 24.3 Å². The molecule has 1 rings (SSSR count). The van der Waals surface area contributed by atoms with Crippen LogP contribution in [0, 0.1) is 0 Å². The molecule has 0 radical (unpaired) electrons. The molecule has 0 bridgehead atoms. The van der Waals surface area contributed by atoms with Gasteiger partial charge >= 0.3 is 0 Å². The highest BCUT2D eigenvalue weighted by Gasteiger charge is 2.07. The second kappa shape index (κ2) is 9.47. The van der Waals surface area contributed by atoms with Crippen molar-refractivity contribution in [2.45, 2.75) is 26.1 Å². The fraction of sp³-hybridized carbons (Fsp3) is 0.533. The Labute approximate surface area is 120 Å². The Morgan fingerprint density at radius 1 is 1.20 bits per heavy atom. The maximum atomic E-state index is 11.7. The molecule has 0 aromatic heterocycles. The molecule has 0 heterocycles. The van der Waals surface area contributed by atoms with Gasteiger partial charge in [-0.25, -0.2) is 0 Å². The molecule has 0 spiro atoms. The van der Waals surface area contributed by atoms with E-state index in [1.165, 1.54) is 0 Å². The average molecular weight is 280 g/mol. The Balaban J connectivity index is 2.35. The highest BCUT2D eigenvalue weighted by Crippen LogP contribution is 2.09. The number of carbonyl (C=O) groups is 1. The number of amides is 1. The molecular weight excluding hydrogens is 256 g/mol. The molecule has 0 fully saturated rings. The van der Waals surface area contributed by atoms with Crippen molar-refractivity contribution in [2.24, 2.45) is 0 Å². The highest BCUT2D eigenvalue weighted by molar-refractivity contribution is 5.78. The molecule has 0 saturated carbocycles. The van der Waals surface area contributed by atoms with Crippen LogP contribution in [-0.4, -0.2) is 39.3 Å². The molecule has 112 valence electrons. The number of ether oxygens (including phenoxy) is 2. The molecule has 5 nitrogen and oxygen atoms in total. The Bertz CT molecular complexity index is 410. The second-order valence-corrected chi connectivity index (χ2v) is 4.73. The third-order valence-corrected chi connectivity index (χ3v) is 2.84. The molecule has 1 atom stereocenters. The number of methoxy groups -OCH3 is 2. The van der Waals surface area contributed by atoms with Crippen LogP contribution in [0.25, 0.3) is 0 Å². The van der Waals surface area contributed by atoms with Gasteiger partial charge in [0.25, 0.3) is 0 Å². The fourth-order valence-corrected chi connectivity index (χ4v) is 1.95. The number of benzene rings is 1. The van der Waals surface area contributed by atoms with Crippen LogP contribution in [0.15, 0.2) is 24.3 Å². The van der Waals surface area contributed by atoms with Crippen molar-refractivity contribution in [3.05, 3.63) is 35.4 Å². The summed E-state index contributed by atoms with van der Waals surface area (Å²) >= 11 is 0. The summed E-state index contributed by atoms with van der Waals surface area (Å²) in [6, 6.07) is 8.05. The molecule has 5 heteroatoms. The van der Waals surface area contributed by atoms with Gasteiger partial charge in [0.05, 0.1) is 19.8 Å². The zero-order chi connectivity index (χ0) is 14.8. The molecular formula is C15H24N2O3. The van der Waals surface area contributed by atoms with Crippen LogP contribution in [0.4, 0.5) is 0 Å². The lowest BCUT2D eigenvalue weighted by atomic mass is 10.1. The van der Waals surface area contributed by atoms with E-state index in [2.05, 4.69) is 10.6 Å². The van der Waals surface area contributed by atoms with Crippen molar-refractivity contribution >= 4 is 5.91 Å². The van der Waals surface area contributed by atoms with E-state index in [9.17, 15) is 4.79 Å². The molecule has 0 saturated heterocycles. The second-order valence-electron chi connectivity index (χ2n) is 4.73. The van der Waals surface area contributed by atoms with Crippen LogP contribution in [0.1, 0.15) is 18.1 Å². The first-order valence-electron chi connectivity index (χ1n) is 6.72. The summed E-state index contributed by atoms with van der Waals surface area (Å²) in [6.07, 6.45) is 0. The maximum Gasteiger partial charge on any atom is 0.234 e. The topological polar surface area (TPSA) is 59.6 Å². The summed E-state index contributed by atoms with van der Waals surface area (Å²) in [5, 5.41) is 6.00. The first-order valence-corrected chi connectivity index (χ1v) is 6.72. The molecule has 1 amide bonds. The Hall–Kier alpha value is -1.43. The van der Waals surface area contributed by atoms with Crippen molar-refractivity contribution in [1.29, 1.82) is 0 Å². The normalized spacial score (nSPS) is 12.2. The summed E-state index contributed by atoms with van der Waals surface area (Å²) in [7, 11) is 3.29. The zero-order valence-corrected chi connectivity index (χ0v) is 12.4. The summed E-state index contributed by atoms with van der Waals surface area (Å²) in [6.45, 7) is 3.94. The number of carbonyl (C=O) groups excluding carboxylic acids is 1. The van der Waals surface area contributed by atoms with Gasteiger partial charge in [0.1, 0.15) is 0 Å². The molecule has 0 aliphatic carbocycles. The van der Waals surface area contributed by atoms with E-state index in [4.69, 9.17) is 9.47 Å². The van der Waals surface area contributed by atoms with Crippen molar-refractivity contribution in [3.63, 3.8) is 0 Å². The SMILES string of the molecule is COCc1ccccc1CNCC(=O)NC(C)COC. The average Bonchev–Trinajstić information content (AvgIpc) is 2.41. The van der Waals surface area contributed by atoms with Gasteiger partial charge in [0.2, 0.25) is 5.91 Å². The van der Waals surface area contributed by atoms with E-state index < -0.39 is 0 Å². The molecule has 1 unspecified atom stereocenters. The van der Waals surface area contributed by atoms with Crippen LogP contribution in [0.5, 0.6) is 0 Å². The van der Waals surface area contributed by atoms with E-state index in [-0.39, 0.29) is 18.5 Å². The van der Waals surface area contributed by atoms with Crippen LogP contribution in [0.2, 0.25) is 0 Å². The van der Waals surface area contributed by atoms with Gasteiger partial charge < -0.3 is 20.1 Å². The minimum Gasteiger partial charge on any atom is -0.383 e. The van der Waals surface area contributed by atoms with Gasteiger partial charge in [0, 0.05) is 26.8 Å². The lowest BCUT2D eigenvalue weighted by molar-refractivity contribution is -0.121. The predicted octanol–water partition coefficient (Wildman–Crippen LogP) is 1.07. The monoisotopic (exact) mass is 280 g/mol. The fourth-order valence-electron chi connectivity index (χ4n) is 1.95. The molecule has 1 aromatic rings. The Kier molecular flexibility index (Phi) is 7.87. The van der Waals surface area contributed by atoms with Crippen LogP contribution < -0.4 is 10.6 Å². The Morgan fingerprint density at radius 2 is 1.90 bits per heavy atom. The third kappa shape index (κ3) is 6.14. The maximum absolute atomic E-state index is 11.7. The molecule has 0 aliphatic heterocycles. The predicted molar refractivity (Wildman–Crippen MR) is 78.3 cm³/mol. The van der Waals surface area contributed by atoms with Crippen LogP contribution >= 0.6 is 0 Å². The minimum atomic E-state index is -0.0289. The summed E-state index contributed by atoms with van der Waals surface area (Å²) < 4.78 is 10.1. The van der Waals surface area contributed by atoms with Crippen molar-refractivity contribution in [3.8, 4) is 0 Å². The Morgan fingerprint density at radius 3 is 2.55 bits per heavy atom. The van der Waals surface area contributed by atoms with E-state index in [1.54, 1.807) is 14.2 Å². The highest BCUT2D eigenvalue weighted by atomic mass is 16.5. The first kappa shape index (κ1) is 16.6. The molecule has 20 heavy (non-hydrogen) atoms. The van der Waals surface area contributed by atoms with Crippen LogP contribution in [0.3, 0.4) is 0 Å². The van der Waals surface area contributed by atoms with Gasteiger partial charge in [-0.2, -0.15) is 0 Å². The first-order chi connectivity index (χ1) is 9.67. The quantitative estimate of drug-likeness (QED) is 0.710.